The van der Waals surface area contributed by atoms with Crippen molar-refractivity contribution in [3.63, 3.8) is 0 Å². The maximum Gasteiger partial charge on any atom is 0.252 e. The van der Waals surface area contributed by atoms with E-state index in [1.807, 2.05) is 41.1 Å². The van der Waals surface area contributed by atoms with Gasteiger partial charge in [-0.1, -0.05) is 24.0 Å². The van der Waals surface area contributed by atoms with Gasteiger partial charge in [0.1, 0.15) is 0 Å². The molecule has 0 unspecified atom stereocenters. The first-order valence-corrected chi connectivity index (χ1v) is 6.82. The Hall–Kier alpha value is -2.09. The minimum atomic E-state index is -0.0558. The highest BCUT2D eigenvalue weighted by molar-refractivity contribution is 7.08. The van der Waals surface area contributed by atoms with Gasteiger partial charge in [-0.05, 0) is 29.1 Å². The Morgan fingerprint density at radius 1 is 1.37 bits per heavy atom. The smallest absolute Gasteiger partial charge is 0.252 e. The van der Waals surface area contributed by atoms with Crippen LogP contribution < -0.4 is 11.1 Å². The Kier molecular flexibility index (Phi) is 4.73. The van der Waals surface area contributed by atoms with Crippen molar-refractivity contribution in [1.29, 1.82) is 0 Å². The van der Waals surface area contributed by atoms with Gasteiger partial charge in [0.05, 0.1) is 6.54 Å². The number of carbonyl (C=O) groups is 1. The zero-order valence-electron chi connectivity index (χ0n) is 10.3. The van der Waals surface area contributed by atoms with E-state index in [-0.39, 0.29) is 5.91 Å². The summed E-state index contributed by atoms with van der Waals surface area (Å²) in [6, 6.07) is 9.57. The molecule has 0 aliphatic rings. The van der Waals surface area contributed by atoms with E-state index >= 15 is 0 Å². The molecular formula is C15H14N2OS. The normalized spacial score (nSPS) is 9.53. The van der Waals surface area contributed by atoms with E-state index in [1.165, 1.54) is 11.3 Å². The van der Waals surface area contributed by atoms with E-state index in [2.05, 4.69) is 17.2 Å². The Morgan fingerprint density at radius 2 is 2.26 bits per heavy atom. The van der Waals surface area contributed by atoms with E-state index < -0.39 is 0 Å². The zero-order chi connectivity index (χ0) is 13.5. The molecule has 19 heavy (non-hydrogen) atoms. The van der Waals surface area contributed by atoms with Gasteiger partial charge in [-0.15, -0.1) is 0 Å². The molecule has 2 aromatic rings. The number of hydrogen-bond donors (Lipinski definition) is 2. The molecule has 0 saturated heterocycles. The molecule has 0 aliphatic heterocycles. The third-order valence-electron chi connectivity index (χ3n) is 2.50. The van der Waals surface area contributed by atoms with Crippen LogP contribution >= 0.6 is 11.3 Å². The van der Waals surface area contributed by atoms with Crippen molar-refractivity contribution in [1.82, 2.24) is 5.32 Å². The standard InChI is InChI=1S/C15H14N2OS/c16-7-2-5-12-3-1-4-13(9-12)10-17-15(18)14-6-8-19-11-14/h1,3-4,6,8-9,11H,7,10,16H2,(H,17,18). The topological polar surface area (TPSA) is 55.1 Å². The Morgan fingerprint density at radius 3 is 3.00 bits per heavy atom. The molecule has 0 aliphatic carbocycles. The van der Waals surface area contributed by atoms with Gasteiger partial charge < -0.3 is 11.1 Å². The highest BCUT2D eigenvalue weighted by atomic mass is 32.1. The monoisotopic (exact) mass is 270 g/mol. The molecule has 1 amide bonds. The molecule has 0 fully saturated rings. The molecule has 0 bridgehead atoms. The Labute approximate surface area is 116 Å². The summed E-state index contributed by atoms with van der Waals surface area (Å²) in [5.41, 5.74) is 7.97. The molecule has 0 atom stereocenters. The molecule has 0 saturated carbocycles. The van der Waals surface area contributed by atoms with Crippen LogP contribution in [0.1, 0.15) is 21.5 Å². The maximum atomic E-state index is 11.8. The van der Waals surface area contributed by atoms with Gasteiger partial charge in [-0.3, -0.25) is 4.79 Å². The van der Waals surface area contributed by atoms with Crippen LogP contribution in [0.5, 0.6) is 0 Å². The summed E-state index contributed by atoms with van der Waals surface area (Å²) in [5.74, 6) is 5.73. The zero-order valence-corrected chi connectivity index (χ0v) is 11.2. The number of nitrogens with one attached hydrogen (secondary N) is 1. The fourth-order valence-corrected chi connectivity index (χ4v) is 2.23. The lowest BCUT2D eigenvalue weighted by Crippen LogP contribution is -2.22. The molecular weight excluding hydrogens is 256 g/mol. The third-order valence-corrected chi connectivity index (χ3v) is 3.18. The van der Waals surface area contributed by atoms with Crippen LogP contribution in [0, 0.1) is 11.8 Å². The second-order valence-corrected chi connectivity index (χ2v) is 4.68. The SMILES string of the molecule is NCC#Cc1cccc(CNC(=O)c2ccsc2)c1. The van der Waals surface area contributed by atoms with Gasteiger partial charge >= 0.3 is 0 Å². The Balaban J connectivity index is 1.98. The molecule has 1 aromatic heterocycles. The summed E-state index contributed by atoms with van der Waals surface area (Å²) < 4.78 is 0. The van der Waals surface area contributed by atoms with Crippen molar-refractivity contribution >= 4 is 17.2 Å². The lowest BCUT2D eigenvalue weighted by Gasteiger charge is -2.04. The first-order valence-electron chi connectivity index (χ1n) is 5.88. The van der Waals surface area contributed by atoms with Crippen molar-refractivity contribution in [2.45, 2.75) is 6.54 Å². The van der Waals surface area contributed by atoms with Gasteiger partial charge in [0.2, 0.25) is 0 Å². The summed E-state index contributed by atoms with van der Waals surface area (Å²) in [5, 5.41) is 6.60. The Bertz CT molecular complexity index is 609. The van der Waals surface area contributed by atoms with Crippen LogP contribution in [0.3, 0.4) is 0 Å². The predicted octanol–water partition coefficient (Wildman–Crippen LogP) is 1.99. The molecule has 3 nitrogen and oxygen atoms in total. The number of thiophene rings is 1. The lowest BCUT2D eigenvalue weighted by atomic mass is 10.1. The van der Waals surface area contributed by atoms with E-state index in [1.54, 1.807) is 0 Å². The minimum Gasteiger partial charge on any atom is -0.348 e. The summed E-state index contributed by atoms with van der Waals surface area (Å²) in [4.78, 5) is 11.8. The van der Waals surface area contributed by atoms with Crippen LogP contribution in [0.25, 0.3) is 0 Å². The summed E-state index contributed by atoms with van der Waals surface area (Å²) >= 11 is 1.51. The van der Waals surface area contributed by atoms with E-state index in [9.17, 15) is 4.79 Å². The number of carbonyl (C=O) groups excluding carboxylic acids is 1. The van der Waals surface area contributed by atoms with E-state index in [4.69, 9.17) is 5.73 Å². The number of nitrogens with two attached hydrogens (primary N) is 1. The third kappa shape index (κ3) is 3.95. The van der Waals surface area contributed by atoms with Crippen molar-refractivity contribution < 1.29 is 4.79 Å². The van der Waals surface area contributed by atoms with E-state index in [0.717, 1.165) is 11.1 Å². The predicted molar refractivity (Wildman–Crippen MR) is 77.9 cm³/mol. The van der Waals surface area contributed by atoms with Gasteiger partial charge in [0, 0.05) is 23.1 Å². The quantitative estimate of drug-likeness (QED) is 0.838. The molecule has 0 spiro atoms. The van der Waals surface area contributed by atoms with Crippen LogP contribution in [0.15, 0.2) is 41.1 Å². The maximum absolute atomic E-state index is 11.8. The number of amides is 1. The largest absolute Gasteiger partial charge is 0.348 e. The van der Waals surface area contributed by atoms with Crippen molar-refractivity contribution in [2.24, 2.45) is 5.73 Å². The molecule has 0 radical (unpaired) electrons. The van der Waals surface area contributed by atoms with Crippen LogP contribution in [-0.2, 0) is 6.54 Å². The first-order chi connectivity index (χ1) is 9.29. The summed E-state index contributed by atoms with van der Waals surface area (Å²) in [7, 11) is 0. The second kappa shape index (κ2) is 6.74. The molecule has 1 aromatic carbocycles. The number of benzene rings is 1. The van der Waals surface area contributed by atoms with Gasteiger partial charge in [0.15, 0.2) is 0 Å². The minimum absolute atomic E-state index is 0.0558. The van der Waals surface area contributed by atoms with Crippen molar-refractivity contribution in [2.75, 3.05) is 6.54 Å². The molecule has 1 heterocycles. The highest BCUT2D eigenvalue weighted by Gasteiger charge is 2.04. The van der Waals surface area contributed by atoms with Gasteiger partial charge in [-0.2, -0.15) is 11.3 Å². The molecule has 2 rings (SSSR count). The molecule has 4 heteroatoms. The average molecular weight is 270 g/mol. The van der Waals surface area contributed by atoms with E-state index in [0.29, 0.717) is 18.7 Å². The van der Waals surface area contributed by atoms with Gasteiger partial charge in [-0.25, -0.2) is 0 Å². The lowest BCUT2D eigenvalue weighted by molar-refractivity contribution is 0.0951. The van der Waals surface area contributed by atoms with Crippen LogP contribution in [0.4, 0.5) is 0 Å². The number of rotatable bonds is 3. The second-order valence-electron chi connectivity index (χ2n) is 3.90. The fraction of sp³-hybridized carbons (Fsp3) is 0.133. The first kappa shape index (κ1) is 13.3. The van der Waals surface area contributed by atoms with Gasteiger partial charge in [0.25, 0.3) is 5.91 Å². The summed E-state index contributed by atoms with van der Waals surface area (Å²) in [6.45, 7) is 0.839. The van der Waals surface area contributed by atoms with Crippen molar-refractivity contribution in [3.8, 4) is 11.8 Å². The summed E-state index contributed by atoms with van der Waals surface area (Å²) in [6.07, 6.45) is 0. The average Bonchev–Trinajstić information content (AvgIpc) is 2.97. The van der Waals surface area contributed by atoms with Crippen LogP contribution in [-0.4, -0.2) is 12.5 Å². The fourth-order valence-electron chi connectivity index (χ4n) is 1.59. The van der Waals surface area contributed by atoms with Crippen LogP contribution in [0.2, 0.25) is 0 Å². The highest BCUT2D eigenvalue weighted by Crippen LogP contribution is 2.07. The molecule has 3 N–H and O–H groups in total. The number of hydrogen-bond acceptors (Lipinski definition) is 3. The molecule has 96 valence electrons. The van der Waals surface area contributed by atoms with Crippen molar-refractivity contribution in [3.05, 3.63) is 57.8 Å².